The van der Waals surface area contributed by atoms with Gasteiger partial charge in [0.1, 0.15) is 19.0 Å². The van der Waals surface area contributed by atoms with Crippen molar-refractivity contribution in [2.45, 2.75) is 0 Å². The zero-order chi connectivity index (χ0) is 29.5. The van der Waals surface area contributed by atoms with Crippen LogP contribution in [-0.2, 0) is 35.0 Å². The first kappa shape index (κ1) is 42.0. The summed E-state index contributed by atoms with van der Waals surface area (Å²) in [6.07, 6.45) is 0. The highest BCUT2D eigenvalue weighted by atomic mass is 32.3. The summed E-state index contributed by atoms with van der Waals surface area (Å²) in [5.74, 6) is 8.65. The van der Waals surface area contributed by atoms with Crippen LogP contribution in [0.1, 0.15) is 0 Å². The Bertz CT molecular complexity index is 624. The van der Waals surface area contributed by atoms with Crippen molar-refractivity contribution in [2.24, 2.45) is 0 Å². The third-order valence-corrected chi connectivity index (χ3v) is 15.2. The molecule has 0 spiro atoms. The SMILES string of the molecule is O=C(CSCCSCC[S+]([O-])CSCCSCSC(=O)CSCCSCC(=O)OCCSCO)OCCSCO. The second kappa shape index (κ2) is 33.9. The number of carbonyl (C=O) groups is 3. The molecular weight excluding hydrogens is 713 g/mol. The molecule has 0 aliphatic carbocycles. The van der Waals surface area contributed by atoms with Crippen LogP contribution in [-0.4, -0.2) is 142 Å². The number of thioether (sulfide) groups is 9. The molecule has 1 unspecified atom stereocenters. The summed E-state index contributed by atoms with van der Waals surface area (Å²) in [5.41, 5.74) is 0. The predicted octanol–water partition coefficient (Wildman–Crippen LogP) is 3.76. The number of ether oxygens (including phenoxy) is 2. The van der Waals surface area contributed by atoms with Crippen LogP contribution in [0.4, 0.5) is 0 Å². The molecule has 2 N–H and O–H groups in total. The van der Waals surface area contributed by atoms with E-state index in [9.17, 15) is 18.9 Å². The van der Waals surface area contributed by atoms with Gasteiger partial charge in [0.15, 0.2) is 10.2 Å². The molecule has 0 saturated heterocycles. The molecule has 40 heavy (non-hydrogen) atoms. The fraction of sp³-hybridized carbons (Fsp3) is 0.864. The van der Waals surface area contributed by atoms with E-state index in [4.69, 9.17) is 19.7 Å². The van der Waals surface area contributed by atoms with Gasteiger partial charge in [0.2, 0.25) is 0 Å². The van der Waals surface area contributed by atoms with Crippen molar-refractivity contribution < 1.29 is 38.6 Å². The highest BCUT2D eigenvalue weighted by molar-refractivity contribution is 8.25. The molecule has 8 nitrogen and oxygen atoms in total. The summed E-state index contributed by atoms with van der Waals surface area (Å²) >= 11 is 12.9. The van der Waals surface area contributed by atoms with Gasteiger partial charge < -0.3 is 24.2 Å². The standard InChI is InChI=1S/C22H40O8S10/c23-16-35-3-1-29-20(25)13-32-6-5-31-11-12-40(28)19-38-10-9-37-18-39-22(27)15-34-8-7-33-14-21(26)30-2-4-36-17-24/h23-24H,1-19H2. The number of aliphatic hydroxyl groups excluding tert-OH is 2. The van der Waals surface area contributed by atoms with E-state index in [0.717, 1.165) is 45.4 Å². The Morgan fingerprint density at radius 3 is 1.68 bits per heavy atom. The van der Waals surface area contributed by atoms with E-state index in [1.54, 1.807) is 58.8 Å². The summed E-state index contributed by atoms with van der Waals surface area (Å²) in [6.45, 7) is 0.649. The Balaban J connectivity index is 3.38. The quantitative estimate of drug-likeness (QED) is 0.0477. The van der Waals surface area contributed by atoms with Crippen molar-refractivity contribution >= 4 is 134 Å². The average molecular weight is 753 g/mol. The number of aliphatic hydroxyl groups is 2. The molecule has 236 valence electrons. The maximum absolute atomic E-state index is 12.1. The Morgan fingerprint density at radius 1 is 0.600 bits per heavy atom. The third-order valence-electron chi connectivity index (χ3n) is 3.91. The summed E-state index contributed by atoms with van der Waals surface area (Å²) < 4.78 is 22.2. The van der Waals surface area contributed by atoms with Gasteiger partial charge in [0.05, 0.1) is 29.1 Å². The molecule has 0 amide bonds. The van der Waals surface area contributed by atoms with Gasteiger partial charge in [0, 0.05) is 56.9 Å². The zero-order valence-corrected chi connectivity index (χ0v) is 30.5. The number of hydrogen-bond acceptors (Lipinski definition) is 17. The lowest BCUT2D eigenvalue weighted by atomic mass is 10.8. The fourth-order valence-corrected chi connectivity index (χ4v) is 11.7. The predicted molar refractivity (Wildman–Crippen MR) is 191 cm³/mol. The molecular formula is C22H40O8S10. The van der Waals surface area contributed by atoms with Gasteiger partial charge in [-0.05, 0) is 11.2 Å². The normalized spacial score (nSPS) is 11.9. The minimum absolute atomic E-state index is 0.0296. The van der Waals surface area contributed by atoms with Gasteiger partial charge in [-0.3, -0.25) is 14.4 Å². The van der Waals surface area contributed by atoms with Gasteiger partial charge >= 0.3 is 11.9 Å². The molecule has 0 heterocycles. The largest absolute Gasteiger partial charge is 0.616 e. The lowest BCUT2D eigenvalue weighted by molar-refractivity contribution is -0.140. The highest BCUT2D eigenvalue weighted by Gasteiger charge is 2.08. The molecule has 0 aromatic carbocycles. The third kappa shape index (κ3) is 32.9. The van der Waals surface area contributed by atoms with Crippen molar-refractivity contribution in [3.63, 3.8) is 0 Å². The molecule has 0 fully saturated rings. The molecule has 0 saturated carbocycles. The van der Waals surface area contributed by atoms with Gasteiger partial charge in [-0.1, -0.05) is 11.8 Å². The molecule has 0 bridgehead atoms. The summed E-state index contributed by atoms with van der Waals surface area (Å²) in [4.78, 5) is 35.0. The van der Waals surface area contributed by atoms with Crippen LogP contribution >= 0.6 is 106 Å². The van der Waals surface area contributed by atoms with Gasteiger partial charge in [-0.25, -0.2) is 0 Å². The van der Waals surface area contributed by atoms with E-state index in [-0.39, 0.29) is 28.9 Å². The summed E-state index contributed by atoms with van der Waals surface area (Å²) in [7, 11) is 0. The number of hydrogen-bond donors (Lipinski definition) is 2. The molecule has 0 aliphatic heterocycles. The van der Waals surface area contributed by atoms with E-state index in [1.807, 2.05) is 0 Å². The van der Waals surface area contributed by atoms with Crippen LogP contribution in [0.3, 0.4) is 0 Å². The molecule has 0 aromatic rings. The molecule has 0 radical (unpaired) electrons. The number of rotatable bonds is 30. The molecule has 0 aliphatic rings. The summed E-state index contributed by atoms with van der Waals surface area (Å²) in [6, 6.07) is 0. The first-order valence-corrected chi connectivity index (χ1v) is 23.9. The summed E-state index contributed by atoms with van der Waals surface area (Å²) in [5, 5.41) is 18.8. The van der Waals surface area contributed by atoms with Crippen LogP contribution in [0.15, 0.2) is 0 Å². The Hall–Kier alpha value is 1.99. The lowest BCUT2D eigenvalue weighted by Gasteiger charge is -2.10. The van der Waals surface area contributed by atoms with Gasteiger partial charge in [0.25, 0.3) is 0 Å². The topological polar surface area (TPSA) is 133 Å². The molecule has 0 rings (SSSR count). The van der Waals surface area contributed by atoms with Crippen LogP contribution in [0.5, 0.6) is 0 Å². The van der Waals surface area contributed by atoms with Crippen molar-refractivity contribution in [2.75, 3.05) is 110 Å². The van der Waals surface area contributed by atoms with E-state index < -0.39 is 11.2 Å². The number of esters is 2. The van der Waals surface area contributed by atoms with Crippen LogP contribution in [0, 0.1) is 0 Å². The average Bonchev–Trinajstić information content (AvgIpc) is 2.94. The van der Waals surface area contributed by atoms with Crippen LogP contribution < -0.4 is 0 Å². The Kier molecular flexibility index (Phi) is 35.6. The van der Waals surface area contributed by atoms with Crippen molar-refractivity contribution in [1.29, 1.82) is 0 Å². The molecule has 0 aromatic heterocycles. The molecule has 1 atom stereocenters. The monoisotopic (exact) mass is 752 g/mol. The molecule has 18 heteroatoms. The van der Waals surface area contributed by atoms with E-state index in [0.29, 0.717) is 52.8 Å². The van der Waals surface area contributed by atoms with E-state index in [2.05, 4.69) is 0 Å². The Morgan fingerprint density at radius 2 is 1.10 bits per heavy atom. The van der Waals surface area contributed by atoms with Gasteiger partial charge in [-0.2, -0.15) is 23.5 Å². The van der Waals surface area contributed by atoms with Crippen molar-refractivity contribution in [3.8, 4) is 0 Å². The Labute approximate surface area is 280 Å². The maximum atomic E-state index is 12.1. The lowest BCUT2D eigenvalue weighted by Crippen LogP contribution is -2.12. The second-order valence-corrected chi connectivity index (χ2v) is 19.2. The maximum Gasteiger partial charge on any atom is 0.315 e. The second-order valence-electron chi connectivity index (χ2n) is 7.00. The first-order chi connectivity index (χ1) is 19.5. The minimum atomic E-state index is -0.833. The van der Waals surface area contributed by atoms with Crippen LogP contribution in [0.2, 0.25) is 0 Å². The fourth-order valence-electron chi connectivity index (χ4n) is 2.13. The van der Waals surface area contributed by atoms with Gasteiger partial charge in [-0.15, -0.1) is 70.6 Å². The highest BCUT2D eigenvalue weighted by Crippen LogP contribution is 2.18. The zero-order valence-electron chi connectivity index (χ0n) is 22.4. The van der Waals surface area contributed by atoms with Crippen molar-refractivity contribution in [3.05, 3.63) is 0 Å². The minimum Gasteiger partial charge on any atom is -0.616 e. The first-order valence-electron chi connectivity index (χ1n) is 12.1. The van der Waals surface area contributed by atoms with E-state index >= 15 is 0 Å². The van der Waals surface area contributed by atoms with E-state index in [1.165, 1.54) is 47.0 Å². The number of carbonyl (C=O) groups excluding carboxylic acids is 3. The van der Waals surface area contributed by atoms with Crippen molar-refractivity contribution in [1.82, 2.24) is 0 Å². The van der Waals surface area contributed by atoms with Crippen LogP contribution in [0.25, 0.3) is 0 Å². The smallest absolute Gasteiger partial charge is 0.315 e.